The van der Waals surface area contributed by atoms with Crippen LogP contribution in [0.4, 0.5) is 0 Å². The van der Waals surface area contributed by atoms with Gasteiger partial charge in [-0.3, -0.25) is 0 Å². The summed E-state index contributed by atoms with van der Waals surface area (Å²) in [5.41, 5.74) is 0. The third kappa shape index (κ3) is 11.4. The maximum Gasteiger partial charge on any atom is 0.313 e. The van der Waals surface area contributed by atoms with Crippen LogP contribution in [-0.2, 0) is 0 Å². The van der Waals surface area contributed by atoms with E-state index in [-0.39, 0.29) is 5.76 Å². The van der Waals surface area contributed by atoms with E-state index in [0.29, 0.717) is 6.42 Å². The minimum Gasteiger partial charge on any atom is -0.506 e. The molecule has 0 aromatic carbocycles. The van der Waals surface area contributed by atoms with Gasteiger partial charge < -0.3 is 15.3 Å². The zero-order chi connectivity index (χ0) is 12.9. The average Bonchev–Trinajstić information content (AvgIpc) is 2.31. The highest BCUT2D eigenvalue weighted by atomic mass is 16.5. The topological polar surface area (TPSA) is 60.7 Å². The summed E-state index contributed by atoms with van der Waals surface area (Å²) in [6.45, 7) is 2.23. The van der Waals surface area contributed by atoms with Gasteiger partial charge in [0.15, 0.2) is 5.76 Å². The molecule has 0 amide bonds. The highest BCUT2D eigenvalue weighted by molar-refractivity contribution is 4.88. The smallest absolute Gasteiger partial charge is 0.313 e. The van der Waals surface area contributed by atoms with Crippen molar-refractivity contribution in [2.45, 2.75) is 77.6 Å². The summed E-state index contributed by atoms with van der Waals surface area (Å²) in [5.74, 6) is -1.22. The fourth-order valence-corrected chi connectivity index (χ4v) is 1.89. The number of hydrogen-bond acceptors (Lipinski definition) is 3. The number of rotatable bonds is 11. The summed E-state index contributed by atoms with van der Waals surface area (Å²) in [6, 6.07) is 0. The lowest BCUT2D eigenvalue weighted by Gasteiger charge is -2.02. The second-order valence-electron chi connectivity index (χ2n) is 4.70. The van der Waals surface area contributed by atoms with Gasteiger partial charge in [0.05, 0.1) is 0 Å². The molecular formula is C14H28O3. The fraction of sp³-hybridized carbons (Fsp3) is 0.857. The van der Waals surface area contributed by atoms with E-state index in [2.05, 4.69) is 6.92 Å². The molecule has 0 radical (unpaired) electrons. The van der Waals surface area contributed by atoms with E-state index >= 15 is 0 Å². The Balaban J connectivity index is 3.11. The molecule has 0 rings (SSSR count). The molecule has 3 N–H and O–H groups in total. The zero-order valence-corrected chi connectivity index (χ0v) is 11.1. The van der Waals surface area contributed by atoms with Crippen LogP contribution in [0.2, 0.25) is 0 Å². The van der Waals surface area contributed by atoms with E-state index in [4.69, 9.17) is 15.3 Å². The molecule has 0 spiro atoms. The first-order valence-corrected chi connectivity index (χ1v) is 6.98. The van der Waals surface area contributed by atoms with Gasteiger partial charge in [-0.05, 0) is 6.42 Å². The minimum atomic E-state index is -0.930. The maximum absolute atomic E-state index is 9.03. The van der Waals surface area contributed by atoms with E-state index in [1.54, 1.807) is 0 Å². The van der Waals surface area contributed by atoms with Crippen LogP contribution < -0.4 is 0 Å². The quantitative estimate of drug-likeness (QED) is 0.348. The Kier molecular flexibility index (Phi) is 11.0. The minimum absolute atomic E-state index is 0.287. The number of allylic oxidation sites excluding steroid dienone is 1. The summed E-state index contributed by atoms with van der Waals surface area (Å²) in [6.07, 6.45) is 12.7. The molecule has 0 saturated heterocycles. The van der Waals surface area contributed by atoms with Crippen molar-refractivity contribution in [1.82, 2.24) is 0 Å². The van der Waals surface area contributed by atoms with Gasteiger partial charge in [-0.15, -0.1) is 0 Å². The van der Waals surface area contributed by atoms with Crippen molar-refractivity contribution in [2.75, 3.05) is 0 Å². The van der Waals surface area contributed by atoms with Gasteiger partial charge in [-0.25, -0.2) is 0 Å². The first-order chi connectivity index (χ1) is 8.18. The third-order valence-corrected chi connectivity index (χ3v) is 3.03. The molecule has 0 atom stereocenters. The van der Waals surface area contributed by atoms with E-state index in [9.17, 15) is 0 Å². The Labute approximate surface area is 105 Å². The molecule has 0 aromatic heterocycles. The average molecular weight is 244 g/mol. The van der Waals surface area contributed by atoms with Crippen LogP contribution in [-0.4, -0.2) is 15.3 Å². The molecule has 102 valence electrons. The fourth-order valence-electron chi connectivity index (χ4n) is 1.89. The van der Waals surface area contributed by atoms with Crippen LogP contribution in [0, 0.1) is 0 Å². The standard InChI is InChI=1S/C14H28O3/c1-2-3-4-5-6-7-8-9-10-11-12-13(15)14(16)17/h15-17H,2-12H2,1H3. The van der Waals surface area contributed by atoms with Gasteiger partial charge in [-0.2, -0.15) is 0 Å². The molecule has 0 fully saturated rings. The van der Waals surface area contributed by atoms with Crippen molar-refractivity contribution in [3.8, 4) is 0 Å². The molecule has 0 unspecified atom stereocenters. The van der Waals surface area contributed by atoms with Gasteiger partial charge in [0.2, 0.25) is 0 Å². The SMILES string of the molecule is CCCCCCCCCCCCC(O)=C(O)O. The van der Waals surface area contributed by atoms with Gasteiger partial charge in [0, 0.05) is 6.42 Å². The summed E-state index contributed by atoms with van der Waals surface area (Å²) < 4.78 is 0. The highest BCUT2D eigenvalue weighted by Crippen LogP contribution is 2.13. The van der Waals surface area contributed by atoms with Crippen molar-refractivity contribution >= 4 is 0 Å². The maximum atomic E-state index is 9.03. The molecule has 0 bridgehead atoms. The second-order valence-corrected chi connectivity index (χ2v) is 4.70. The van der Waals surface area contributed by atoms with E-state index < -0.39 is 5.95 Å². The predicted molar refractivity (Wildman–Crippen MR) is 71.4 cm³/mol. The second kappa shape index (κ2) is 11.6. The van der Waals surface area contributed by atoms with Crippen molar-refractivity contribution in [3.63, 3.8) is 0 Å². The van der Waals surface area contributed by atoms with Crippen LogP contribution in [0.5, 0.6) is 0 Å². The zero-order valence-electron chi connectivity index (χ0n) is 11.1. The molecule has 3 nitrogen and oxygen atoms in total. The van der Waals surface area contributed by atoms with Crippen molar-refractivity contribution in [1.29, 1.82) is 0 Å². The molecule has 0 heterocycles. The van der Waals surface area contributed by atoms with Crippen LogP contribution >= 0.6 is 0 Å². The Morgan fingerprint density at radius 2 is 1.06 bits per heavy atom. The molecule has 0 aliphatic rings. The number of aliphatic hydroxyl groups excluding tert-OH is 2. The first-order valence-electron chi connectivity index (χ1n) is 6.98. The molecule has 3 heteroatoms. The van der Waals surface area contributed by atoms with Crippen molar-refractivity contribution < 1.29 is 15.3 Å². The lowest BCUT2D eigenvalue weighted by atomic mass is 10.1. The molecule has 0 saturated carbocycles. The van der Waals surface area contributed by atoms with Gasteiger partial charge >= 0.3 is 5.95 Å². The van der Waals surface area contributed by atoms with Gasteiger partial charge in [-0.1, -0.05) is 64.7 Å². The molecular weight excluding hydrogens is 216 g/mol. The third-order valence-electron chi connectivity index (χ3n) is 3.03. The summed E-state index contributed by atoms with van der Waals surface area (Å²) >= 11 is 0. The summed E-state index contributed by atoms with van der Waals surface area (Å²) in [5, 5.41) is 26.1. The number of aliphatic hydroxyl groups is 3. The van der Waals surface area contributed by atoms with E-state index in [1.807, 2.05) is 0 Å². The first kappa shape index (κ1) is 16.1. The van der Waals surface area contributed by atoms with Crippen molar-refractivity contribution in [2.24, 2.45) is 0 Å². The lowest BCUT2D eigenvalue weighted by Crippen LogP contribution is -1.90. The van der Waals surface area contributed by atoms with Crippen LogP contribution in [0.15, 0.2) is 11.7 Å². The summed E-state index contributed by atoms with van der Waals surface area (Å²) in [7, 11) is 0. The Bertz CT molecular complexity index is 196. The lowest BCUT2D eigenvalue weighted by molar-refractivity contribution is 0.153. The van der Waals surface area contributed by atoms with E-state index in [1.165, 1.54) is 51.4 Å². The molecule has 0 aliphatic carbocycles. The Morgan fingerprint density at radius 3 is 1.47 bits per heavy atom. The number of unbranched alkanes of at least 4 members (excludes halogenated alkanes) is 9. The summed E-state index contributed by atoms with van der Waals surface area (Å²) in [4.78, 5) is 0. The van der Waals surface area contributed by atoms with Gasteiger partial charge in [0.1, 0.15) is 0 Å². The van der Waals surface area contributed by atoms with Crippen LogP contribution in [0.25, 0.3) is 0 Å². The van der Waals surface area contributed by atoms with Crippen molar-refractivity contribution in [3.05, 3.63) is 11.7 Å². The predicted octanol–water partition coefficient (Wildman–Crippen LogP) is 5.14. The highest BCUT2D eigenvalue weighted by Gasteiger charge is 2.00. The number of hydrogen-bond donors (Lipinski definition) is 3. The largest absolute Gasteiger partial charge is 0.506 e. The Morgan fingerprint density at radius 1 is 0.647 bits per heavy atom. The van der Waals surface area contributed by atoms with Crippen LogP contribution in [0.1, 0.15) is 77.6 Å². The monoisotopic (exact) mass is 244 g/mol. The normalized spacial score (nSPS) is 10.4. The Hall–Kier alpha value is -0.860. The van der Waals surface area contributed by atoms with Gasteiger partial charge in [0.25, 0.3) is 0 Å². The van der Waals surface area contributed by atoms with E-state index in [0.717, 1.165) is 12.8 Å². The van der Waals surface area contributed by atoms with Crippen LogP contribution in [0.3, 0.4) is 0 Å². The molecule has 0 aromatic rings. The molecule has 0 aliphatic heterocycles. The molecule has 17 heavy (non-hydrogen) atoms.